The third kappa shape index (κ3) is 9.78. The Morgan fingerprint density at radius 2 is 1.15 bits per heavy atom. The zero-order valence-electron chi connectivity index (χ0n) is 15.5. The lowest BCUT2D eigenvalue weighted by atomic mass is 10.0. The molecule has 11 heteroatoms. The summed E-state index contributed by atoms with van der Waals surface area (Å²) < 4.78 is 24.6. The number of rotatable bonds is 9. The second-order valence-corrected chi connectivity index (χ2v) is 5.26. The highest BCUT2D eigenvalue weighted by Crippen LogP contribution is 2.19. The molecule has 0 aromatic rings. The van der Waals surface area contributed by atoms with Crippen molar-refractivity contribution in [1.29, 1.82) is 5.26 Å². The van der Waals surface area contributed by atoms with Crippen LogP contribution < -0.4 is 0 Å². The molecule has 0 aromatic carbocycles. The first kappa shape index (κ1) is 23.8. The molecule has 4 unspecified atom stereocenters. The highest BCUT2D eigenvalue weighted by molar-refractivity contribution is 5.69. The maximum Gasteiger partial charge on any atom is 0.304 e. The molecule has 0 aliphatic carbocycles. The number of carbonyl (C=O) groups excluding carboxylic acids is 5. The maximum absolute atomic E-state index is 11.5. The molecule has 0 N–H and O–H groups in total. The van der Waals surface area contributed by atoms with Gasteiger partial charge in [0.2, 0.25) is 6.10 Å². The van der Waals surface area contributed by atoms with Crippen LogP contribution >= 0.6 is 0 Å². The second-order valence-electron chi connectivity index (χ2n) is 5.26. The number of esters is 5. The van der Waals surface area contributed by atoms with Gasteiger partial charge in [-0.15, -0.1) is 0 Å². The lowest BCUT2D eigenvalue weighted by Crippen LogP contribution is -2.52. The molecule has 0 radical (unpaired) electrons. The van der Waals surface area contributed by atoms with Gasteiger partial charge >= 0.3 is 29.8 Å². The van der Waals surface area contributed by atoms with Crippen molar-refractivity contribution in [2.24, 2.45) is 0 Å². The van der Waals surface area contributed by atoms with E-state index in [4.69, 9.17) is 23.7 Å². The summed E-state index contributed by atoms with van der Waals surface area (Å²) in [6.45, 7) is 4.60. The van der Waals surface area contributed by atoms with Gasteiger partial charge in [0, 0.05) is 34.6 Å². The molecule has 11 nitrogen and oxygen atoms in total. The van der Waals surface area contributed by atoms with E-state index in [0.29, 0.717) is 0 Å². The molecule has 27 heavy (non-hydrogen) atoms. The Morgan fingerprint density at radius 1 is 0.704 bits per heavy atom. The van der Waals surface area contributed by atoms with Gasteiger partial charge in [0.1, 0.15) is 12.7 Å². The molecule has 0 heterocycles. The SMILES string of the molecule is CC(=O)OCC(OC(C)=O)C(OC(C)=O)C(OC(C)=O)C(C#N)OC(C)=O. The second kappa shape index (κ2) is 11.5. The molecule has 0 spiro atoms. The fourth-order valence-corrected chi connectivity index (χ4v) is 1.99. The van der Waals surface area contributed by atoms with Gasteiger partial charge < -0.3 is 23.7 Å². The molecule has 4 atom stereocenters. The minimum atomic E-state index is -1.69. The van der Waals surface area contributed by atoms with E-state index in [1.54, 1.807) is 6.07 Å². The van der Waals surface area contributed by atoms with E-state index < -0.39 is 60.9 Å². The van der Waals surface area contributed by atoms with Gasteiger partial charge in [-0.3, -0.25) is 24.0 Å². The molecule has 0 saturated carbocycles. The smallest absolute Gasteiger partial charge is 0.304 e. The fourth-order valence-electron chi connectivity index (χ4n) is 1.99. The van der Waals surface area contributed by atoms with E-state index in [0.717, 1.165) is 34.6 Å². The van der Waals surface area contributed by atoms with Crippen molar-refractivity contribution in [2.75, 3.05) is 6.61 Å². The van der Waals surface area contributed by atoms with Crippen molar-refractivity contribution in [3.8, 4) is 6.07 Å². The van der Waals surface area contributed by atoms with Gasteiger partial charge in [0.25, 0.3) is 0 Å². The minimum Gasteiger partial charge on any atom is -0.462 e. The summed E-state index contributed by atoms with van der Waals surface area (Å²) in [5.74, 6) is -4.19. The molecule has 0 aliphatic rings. The quantitative estimate of drug-likeness (QED) is 0.381. The number of hydrogen-bond acceptors (Lipinski definition) is 11. The molecule has 150 valence electrons. The predicted octanol–water partition coefficient (Wildman–Crippen LogP) is -0.200. The largest absolute Gasteiger partial charge is 0.462 e. The fraction of sp³-hybridized carbons (Fsp3) is 0.625. The molecule has 0 aliphatic heterocycles. The molecule has 0 fully saturated rings. The lowest BCUT2D eigenvalue weighted by molar-refractivity contribution is -0.198. The van der Waals surface area contributed by atoms with Crippen molar-refractivity contribution in [2.45, 2.75) is 59.0 Å². The molecule has 0 bridgehead atoms. The van der Waals surface area contributed by atoms with E-state index in [9.17, 15) is 29.2 Å². The third-order valence-corrected chi connectivity index (χ3v) is 2.78. The Balaban J connectivity index is 6.01. The average Bonchev–Trinajstić information content (AvgIpc) is 2.51. The van der Waals surface area contributed by atoms with Gasteiger partial charge in [0.05, 0.1) is 0 Å². The van der Waals surface area contributed by atoms with E-state index in [1.807, 2.05) is 0 Å². The van der Waals surface area contributed by atoms with Crippen LogP contribution in [0.4, 0.5) is 0 Å². The number of ether oxygens (including phenoxy) is 5. The summed E-state index contributed by atoms with van der Waals surface area (Å²) in [5, 5.41) is 9.27. The molecule has 0 amide bonds. The first-order valence-electron chi connectivity index (χ1n) is 7.69. The Kier molecular flexibility index (Phi) is 10.1. The Bertz CT molecular complexity index is 623. The van der Waals surface area contributed by atoms with Gasteiger partial charge in [-0.1, -0.05) is 0 Å². The molecule has 0 saturated heterocycles. The van der Waals surface area contributed by atoms with Crippen molar-refractivity contribution < 1.29 is 47.7 Å². The summed E-state index contributed by atoms with van der Waals surface area (Å²) in [5.41, 5.74) is 0. The summed E-state index contributed by atoms with van der Waals surface area (Å²) in [6.07, 6.45) is -6.38. The molecular formula is C16H21NO10. The van der Waals surface area contributed by atoms with Crippen LogP contribution in [-0.2, 0) is 47.7 Å². The normalized spacial score (nSPS) is 14.4. The first-order chi connectivity index (χ1) is 12.5. The van der Waals surface area contributed by atoms with Crippen LogP contribution in [0.1, 0.15) is 34.6 Å². The predicted molar refractivity (Wildman–Crippen MR) is 84.5 cm³/mol. The highest BCUT2D eigenvalue weighted by atomic mass is 16.6. The summed E-state index contributed by atoms with van der Waals surface area (Å²) in [7, 11) is 0. The number of nitrogens with zero attached hydrogens (tertiary/aromatic N) is 1. The molecular weight excluding hydrogens is 366 g/mol. The van der Waals surface area contributed by atoms with Crippen LogP contribution in [0.2, 0.25) is 0 Å². The van der Waals surface area contributed by atoms with Gasteiger partial charge in [-0.2, -0.15) is 5.26 Å². The van der Waals surface area contributed by atoms with Crippen LogP contribution in [0.25, 0.3) is 0 Å². The topological polar surface area (TPSA) is 155 Å². The van der Waals surface area contributed by atoms with Crippen LogP contribution in [0.15, 0.2) is 0 Å². The van der Waals surface area contributed by atoms with Crippen molar-refractivity contribution >= 4 is 29.8 Å². The highest BCUT2D eigenvalue weighted by Gasteiger charge is 2.44. The van der Waals surface area contributed by atoms with Crippen molar-refractivity contribution in [3.05, 3.63) is 0 Å². The standard InChI is InChI=1S/C16H21NO10/c1-8(18)23-7-14(25-10(3)20)16(27-12(5)22)15(26-11(4)21)13(6-17)24-9(2)19/h13-16H,7H2,1-5H3. The van der Waals surface area contributed by atoms with E-state index in [2.05, 4.69) is 0 Å². The summed E-state index contributed by atoms with van der Waals surface area (Å²) >= 11 is 0. The third-order valence-electron chi connectivity index (χ3n) is 2.78. The van der Waals surface area contributed by atoms with Gasteiger partial charge in [0.15, 0.2) is 18.3 Å². The van der Waals surface area contributed by atoms with Crippen LogP contribution in [-0.4, -0.2) is 60.9 Å². The zero-order valence-corrected chi connectivity index (χ0v) is 15.5. The van der Waals surface area contributed by atoms with E-state index >= 15 is 0 Å². The maximum atomic E-state index is 11.5. The van der Waals surface area contributed by atoms with Crippen LogP contribution in [0.5, 0.6) is 0 Å². The summed E-state index contributed by atoms with van der Waals surface area (Å²) in [6, 6.07) is 1.61. The minimum absolute atomic E-state index is 0.567. The monoisotopic (exact) mass is 387 g/mol. The van der Waals surface area contributed by atoms with Crippen LogP contribution in [0.3, 0.4) is 0 Å². The van der Waals surface area contributed by atoms with E-state index in [-0.39, 0.29) is 0 Å². The average molecular weight is 387 g/mol. The number of carbonyl (C=O) groups is 5. The summed E-state index contributed by atoms with van der Waals surface area (Å²) in [4.78, 5) is 56.7. The van der Waals surface area contributed by atoms with Gasteiger partial charge in [-0.25, -0.2) is 0 Å². The molecule has 0 aromatic heterocycles. The van der Waals surface area contributed by atoms with E-state index in [1.165, 1.54) is 0 Å². The number of nitriles is 1. The lowest BCUT2D eigenvalue weighted by Gasteiger charge is -2.33. The Labute approximate surface area is 155 Å². The number of hydrogen-bond donors (Lipinski definition) is 0. The molecule has 0 rings (SSSR count). The van der Waals surface area contributed by atoms with Gasteiger partial charge in [-0.05, 0) is 0 Å². The zero-order chi connectivity index (χ0) is 21.1. The van der Waals surface area contributed by atoms with Crippen molar-refractivity contribution in [3.63, 3.8) is 0 Å². The Hall–Kier alpha value is -3.16. The first-order valence-corrected chi connectivity index (χ1v) is 7.69. The Morgan fingerprint density at radius 3 is 1.52 bits per heavy atom. The van der Waals surface area contributed by atoms with Crippen LogP contribution in [0, 0.1) is 11.3 Å². The van der Waals surface area contributed by atoms with Crippen molar-refractivity contribution in [1.82, 2.24) is 0 Å².